The summed E-state index contributed by atoms with van der Waals surface area (Å²) >= 11 is 0. The number of ether oxygens (including phenoxy) is 1. The van der Waals surface area contributed by atoms with Crippen LogP contribution in [0.1, 0.15) is 10.4 Å². The van der Waals surface area contributed by atoms with E-state index in [0.29, 0.717) is 49.1 Å². The predicted molar refractivity (Wildman–Crippen MR) is 120 cm³/mol. The van der Waals surface area contributed by atoms with Gasteiger partial charge in [0.2, 0.25) is 0 Å². The first-order chi connectivity index (χ1) is 16.2. The normalized spacial score (nSPS) is 13.7. The SMILES string of the molecule is O=C(c1cccc(Oc2ccc(F)cc2)c1)N1CCN(c2ccc(-n3cccn3)nn2)CC1. The molecule has 0 spiro atoms. The van der Waals surface area contributed by atoms with Crippen molar-refractivity contribution in [1.82, 2.24) is 24.9 Å². The van der Waals surface area contributed by atoms with Gasteiger partial charge in [0.15, 0.2) is 11.6 Å². The molecule has 0 atom stereocenters. The van der Waals surface area contributed by atoms with Crippen molar-refractivity contribution < 1.29 is 13.9 Å². The summed E-state index contributed by atoms with van der Waals surface area (Å²) in [4.78, 5) is 17.0. The number of carbonyl (C=O) groups excluding carboxylic acids is 1. The topological polar surface area (TPSA) is 76.4 Å². The summed E-state index contributed by atoms with van der Waals surface area (Å²) in [6.45, 7) is 2.47. The number of carbonyl (C=O) groups is 1. The Balaban J connectivity index is 1.20. The molecule has 9 heteroatoms. The molecule has 5 rings (SSSR count). The molecule has 2 aromatic heterocycles. The highest BCUT2D eigenvalue weighted by Crippen LogP contribution is 2.23. The van der Waals surface area contributed by atoms with Crippen LogP contribution < -0.4 is 9.64 Å². The third kappa shape index (κ3) is 4.67. The lowest BCUT2D eigenvalue weighted by Crippen LogP contribution is -2.49. The summed E-state index contributed by atoms with van der Waals surface area (Å²) in [5, 5.41) is 12.7. The molecule has 0 radical (unpaired) electrons. The van der Waals surface area contributed by atoms with Crippen LogP contribution in [0.15, 0.2) is 79.1 Å². The van der Waals surface area contributed by atoms with Gasteiger partial charge in [0.25, 0.3) is 5.91 Å². The highest BCUT2D eigenvalue weighted by Gasteiger charge is 2.23. The Kier molecular flexibility index (Phi) is 5.67. The Morgan fingerprint density at radius 1 is 0.848 bits per heavy atom. The third-order valence-electron chi connectivity index (χ3n) is 5.40. The summed E-state index contributed by atoms with van der Waals surface area (Å²) in [6, 6.07) is 18.4. The lowest BCUT2D eigenvalue weighted by Gasteiger charge is -2.35. The summed E-state index contributed by atoms with van der Waals surface area (Å²) in [6.07, 6.45) is 3.50. The van der Waals surface area contributed by atoms with Crippen molar-refractivity contribution in [2.24, 2.45) is 0 Å². The molecule has 1 fully saturated rings. The first kappa shape index (κ1) is 20.6. The molecule has 0 N–H and O–H groups in total. The van der Waals surface area contributed by atoms with Crippen molar-refractivity contribution in [2.75, 3.05) is 31.1 Å². The molecule has 3 heterocycles. The minimum atomic E-state index is -0.328. The Labute approximate surface area is 189 Å². The number of rotatable bonds is 5. The van der Waals surface area contributed by atoms with Crippen LogP contribution in [0.2, 0.25) is 0 Å². The number of hydrogen-bond donors (Lipinski definition) is 0. The molecule has 1 aliphatic rings. The highest BCUT2D eigenvalue weighted by atomic mass is 19.1. The maximum absolute atomic E-state index is 13.1. The molecule has 0 bridgehead atoms. The van der Waals surface area contributed by atoms with Crippen LogP contribution in [0.4, 0.5) is 10.2 Å². The number of amides is 1. The molecule has 1 aliphatic heterocycles. The van der Waals surface area contributed by atoms with E-state index in [1.165, 1.54) is 12.1 Å². The largest absolute Gasteiger partial charge is 0.457 e. The van der Waals surface area contributed by atoms with Crippen molar-refractivity contribution in [3.8, 4) is 17.3 Å². The second-order valence-electron chi connectivity index (χ2n) is 7.56. The van der Waals surface area contributed by atoms with Crippen molar-refractivity contribution in [3.63, 3.8) is 0 Å². The minimum absolute atomic E-state index is 0.0562. The van der Waals surface area contributed by atoms with E-state index >= 15 is 0 Å². The van der Waals surface area contributed by atoms with E-state index in [4.69, 9.17) is 4.74 Å². The third-order valence-corrected chi connectivity index (χ3v) is 5.40. The highest BCUT2D eigenvalue weighted by molar-refractivity contribution is 5.94. The first-order valence-corrected chi connectivity index (χ1v) is 10.6. The van der Waals surface area contributed by atoms with Gasteiger partial charge in [-0.1, -0.05) is 6.07 Å². The maximum atomic E-state index is 13.1. The van der Waals surface area contributed by atoms with Crippen LogP contribution in [0.3, 0.4) is 0 Å². The number of hydrogen-bond acceptors (Lipinski definition) is 6. The van der Waals surface area contributed by atoms with Gasteiger partial charge in [-0.05, 0) is 60.7 Å². The van der Waals surface area contributed by atoms with Gasteiger partial charge >= 0.3 is 0 Å². The van der Waals surface area contributed by atoms with Crippen LogP contribution in [0.5, 0.6) is 11.5 Å². The van der Waals surface area contributed by atoms with Crippen LogP contribution in [0, 0.1) is 5.82 Å². The molecule has 2 aromatic carbocycles. The lowest BCUT2D eigenvalue weighted by molar-refractivity contribution is 0.0746. The zero-order chi connectivity index (χ0) is 22.6. The van der Waals surface area contributed by atoms with Crippen molar-refractivity contribution in [1.29, 1.82) is 0 Å². The lowest BCUT2D eigenvalue weighted by atomic mass is 10.1. The van der Waals surface area contributed by atoms with Gasteiger partial charge in [-0.25, -0.2) is 9.07 Å². The van der Waals surface area contributed by atoms with E-state index in [9.17, 15) is 9.18 Å². The molecule has 4 aromatic rings. The summed E-state index contributed by atoms with van der Waals surface area (Å²) in [5.74, 6) is 2.07. The number of benzene rings is 2. The molecule has 33 heavy (non-hydrogen) atoms. The molecular formula is C24H21FN6O2. The van der Waals surface area contributed by atoms with Crippen LogP contribution in [-0.4, -0.2) is 57.0 Å². The Morgan fingerprint density at radius 2 is 1.61 bits per heavy atom. The van der Waals surface area contributed by atoms with Gasteiger partial charge < -0.3 is 14.5 Å². The molecule has 1 saturated heterocycles. The van der Waals surface area contributed by atoms with Gasteiger partial charge in [-0.2, -0.15) is 5.10 Å². The standard InChI is InChI=1S/C24H21FN6O2/c25-19-5-7-20(8-6-19)33-21-4-1-3-18(17-21)24(32)30-15-13-29(14-16-30)22-9-10-23(28-27-22)31-12-2-11-26-31/h1-12,17H,13-16H2. The van der Waals surface area contributed by atoms with Gasteiger partial charge in [-0.15, -0.1) is 10.2 Å². The molecule has 0 aliphatic carbocycles. The second kappa shape index (κ2) is 9.07. The Bertz CT molecular complexity index is 1220. The molecule has 0 unspecified atom stereocenters. The van der Waals surface area contributed by atoms with Gasteiger partial charge in [0.1, 0.15) is 17.3 Å². The van der Waals surface area contributed by atoms with E-state index in [2.05, 4.69) is 20.2 Å². The van der Waals surface area contributed by atoms with Crippen LogP contribution in [-0.2, 0) is 0 Å². The van der Waals surface area contributed by atoms with E-state index < -0.39 is 0 Å². The number of halogens is 1. The zero-order valence-electron chi connectivity index (χ0n) is 17.7. The van der Waals surface area contributed by atoms with E-state index in [0.717, 1.165) is 5.82 Å². The van der Waals surface area contributed by atoms with Crippen LogP contribution >= 0.6 is 0 Å². The number of anilines is 1. The Morgan fingerprint density at radius 3 is 2.30 bits per heavy atom. The summed E-state index contributed by atoms with van der Waals surface area (Å²) in [5.41, 5.74) is 0.548. The molecule has 1 amide bonds. The number of aromatic nitrogens is 4. The average Bonchev–Trinajstić information content (AvgIpc) is 3.41. The fourth-order valence-electron chi connectivity index (χ4n) is 3.67. The predicted octanol–water partition coefficient (Wildman–Crippen LogP) is 3.56. The molecule has 0 saturated carbocycles. The summed E-state index contributed by atoms with van der Waals surface area (Å²) < 4.78 is 20.5. The zero-order valence-corrected chi connectivity index (χ0v) is 17.7. The second-order valence-corrected chi connectivity index (χ2v) is 7.56. The fourth-order valence-corrected chi connectivity index (χ4v) is 3.67. The van der Waals surface area contributed by atoms with Gasteiger partial charge in [-0.3, -0.25) is 4.79 Å². The van der Waals surface area contributed by atoms with Crippen molar-refractivity contribution >= 4 is 11.7 Å². The van der Waals surface area contributed by atoms with Gasteiger partial charge in [0.05, 0.1) is 0 Å². The fraction of sp³-hybridized carbons (Fsp3) is 0.167. The first-order valence-electron chi connectivity index (χ1n) is 10.6. The minimum Gasteiger partial charge on any atom is -0.457 e. The van der Waals surface area contributed by atoms with Gasteiger partial charge in [0, 0.05) is 44.1 Å². The summed E-state index contributed by atoms with van der Waals surface area (Å²) in [7, 11) is 0. The van der Waals surface area contributed by atoms with Crippen LogP contribution in [0.25, 0.3) is 5.82 Å². The quantitative estimate of drug-likeness (QED) is 0.469. The number of nitrogens with zero attached hydrogens (tertiary/aromatic N) is 6. The average molecular weight is 444 g/mol. The smallest absolute Gasteiger partial charge is 0.254 e. The van der Waals surface area contributed by atoms with E-state index in [1.807, 2.05) is 29.3 Å². The van der Waals surface area contributed by atoms with Crippen molar-refractivity contribution in [2.45, 2.75) is 0 Å². The maximum Gasteiger partial charge on any atom is 0.254 e. The monoisotopic (exact) mass is 444 g/mol. The molecule has 166 valence electrons. The van der Waals surface area contributed by atoms with E-state index in [-0.39, 0.29) is 11.7 Å². The van der Waals surface area contributed by atoms with E-state index in [1.54, 1.807) is 47.3 Å². The van der Waals surface area contributed by atoms with Crippen molar-refractivity contribution in [3.05, 3.63) is 90.5 Å². The molecular weight excluding hydrogens is 423 g/mol. The molecule has 8 nitrogen and oxygen atoms in total. The Hall–Kier alpha value is -4.27. The number of piperazine rings is 1.